The Bertz CT molecular complexity index is 727. The van der Waals surface area contributed by atoms with E-state index in [4.69, 9.17) is 9.29 Å². The van der Waals surface area contributed by atoms with Crippen LogP contribution in [0.25, 0.3) is 0 Å². The fourth-order valence-electron chi connectivity index (χ4n) is 1.90. The smallest absolute Gasteiger partial charge is 0.264 e. The zero-order valence-electron chi connectivity index (χ0n) is 15.0. The maximum Gasteiger partial charge on any atom is 0.264 e. The van der Waals surface area contributed by atoms with Crippen molar-refractivity contribution in [3.8, 4) is 5.75 Å². The molecule has 0 aliphatic heterocycles. The molecule has 0 unspecified atom stereocenters. The van der Waals surface area contributed by atoms with Gasteiger partial charge in [-0.15, -0.1) is 0 Å². The van der Waals surface area contributed by atoms with Crippen LogP contribution < -0.4 is 10.1 Å². The van der Waals surface area contributed by atoms with Crippen molar-refractivity contribution < 1.29 is 17.7 Å². The molecule has 2 aromatic rings. The third-order valence-corrected chi connectivity index (χ3v) is 3.79. The van der Waals surface area contributed by atoms with Gasteiger partial charge in [0.1, 0.15) is 5.75 Å². The minimum atomic E-state index is -3.92. The third-order valence-electron chi connectivity index (χ3n) is 2.99. The van der Waals surface area contributed by atoms with Crippen molar-refractivity contribution in [2.45, 2.75) is 33.6 Å². The molecule has 0 saturated carbocycles. The van der Waals surface area contributed by atoms with Gasteiger partial charge in [-0.05, 0) is 37.6 Å². The number of anilines is 2. The van der Waals surface area contributed by atoms with E-state index in [1.807, 2.05) is 49.4 Å². The van der Waals surface area contributed by atoms with Gasteiger partial charge in [-0.3, -0.25) is 4.55 Å². The number of rotatable bonds is 7. The quantitative estimate of drug-likeness (QED) is 0.544. The minimum Gasteiger partial charge on any atom is -0.493 e. The summed E-state index contributed by atoms with van der Waals surface area (Å²) in [6.07, 6.45) is 1.49. The van der Waals surface area contributed by atoms with Crippen molar-refractivity contribution in [3.63, 3.8) is 0 Å². The zero-order chi connectivity index (χ0) is 18.7. The van der Waals surface area contributed by atoms with E-state index < -0.39 is 10.1 Å². The van der Waals surface area contributed by atoms with Crippen LogP contribution in [0.3, 0.4) is 0 Å². The maximum absolute atomic E-state index is 10.6. The lowest BCUT2D eigenvalue weighted by atomic mass is 10.2. The number of benzene rings is 2. The van der Waals surface area contributed by atoms with Gasteiger partial charge in [0, 0.05) is 17.4 Å². The summed E-state index contributed by atoms with van der Waals surface area (Å²) >= 11 is 0. The predicted molar refractivity (Wildman–Crippen MR) is 103 cm³/mol. The Balaban J connectivity index is 0.000000970. The molecule has 0 atom stereocenters. The molecular formula is C19H27NO4S. The molecule has 2 aromatic carbocycles. The minimum absolute atomic E-state index is 0.230. The first-order valence-corrected chi connectivity index (χ1v) is 9.96. The number of nitrogens with one attached hydrogen (secondary N) is 1. The molecule has 5 nitrogen and oxygen atoms in total. The van der Waals surface area contributed by atoms with Gasteiger partial charge in [-0.25, -0.2) is 0 Å². The van der Waals surface area contributed by atoms with Gasteiger partial charge in [0.2, 0.25) is 0 Å². The number of ether oxygens (including phenoxy) is 1. The maximum atomic E-state index is 10.6. The van der Waals surface area contributed by atoms with E-state index >= 15 is 0 Å². The average molecular weight is 365 g/mol. The van der Waals surface area contributed by atoms with Crippen LogP contribution in [0, 0.1) is 6.92 Å². The highest BCUT2D eigenvalue weighted by atomic mass is 32.2. The second-order valence-corrected chi connectivity index (χ2v) is 7.29. The fourth-order valence-corrected chi connectivity index (χ4v) is 2.38. The van der Waals surface area contributed by atoms with Crippen molar-refractivity contribution >= 4 is 21.5 Å². The zero-order valence-corrected chi connectivity index (χ0v) is 15.8. The molecule has 2 rings (SSSR count). The summed E-state index contributed by atoms with van der Waals surface area (Å²) in [4.78, 5) is 0. The predicted octanol–water partition coefficient (Wildman–Crippen LogP) is 4.81. The molecule has 0 heterocycles. The van der Waals surface area contributed by atoms with Gasteiger partial charge in [0.25, 0.3) is 10.1 Å². The largest absolute Gasteiger partial charge is 0.493 e. The van der Waals surface area contributed by atoms with Crippen LogP contribution in [-0.4, -0.2) is 25.3 Å². The Morgan fingerprint density at radius 3 is 2.28 bits per heavy atom. The summed E-state index contributed by atoms with van der Waals surface area (Å²) in [5, 5.41) is 3.27. The molecule has 0 saturated heterocycles. The van der Waals surface area contributed by atoms with Crippen LogP contribution in [0.1, 0.15) is 32.3 Å². The molecule has 0 bridgehead atoms. The summed E-state index contributed by atoms with van der Waals surface area (Å²) < 4.78 is 35.4. The van der Waals surface area contributed by atoms with Crippen molar-refractivity contribution in [2.75, 3.05) is 17.7 Å². The molecular weight excluding hydrogens is 338 g/mol. The average Bonchev–Trinajstić information content (AvgIpc) is 2.54. The monoisotopic (exact) mass is 365 g/mol. The van der Waals surface area contributed by atoms with Crippen LogP contribution in [0.2, 0.25) is 0 Å². The second kappa shape index (κ2) is 10.7. The molecule has 0 aliphatic carbocycles. The van der Waals surface area contributed by atoms with Gasteiger partial charge < -0.3 is 10.1 Å². The summed E-state index contributed by atoms with van der Waals surface area (Å²) in [7, 11) is -3.92. The van der Waals surface area contributed by atoms with Crippen LogP contribution in [-0.2, 0) is 10.1 Å². The molecule has 0 amide bonds. The van der Waals surface area contributed by atoms with Gasteiger partial charge >= 0.3 is 0 Å². The third kappa shape index (κ3) is 9.74. The summed E-state index contributed by atoms with van der Waals surface area (Å²) in [5.41, 5.74) is 3.06. The summed E-state index contributed by atoms with van der Waals surface area (Å²) in [6, 6.07) is 15.5. The van der Waals surface area contributed by atoms with E-state index in [9.17, 15) is 8.42 Å². The van der Waals surface area contributed by atoms with Crippen LogP contribution in [0.15, 0.2) is 48.5 Å². The van der Waals surface area contributed by atoms with Gasteiger partial charge in [-0.1, -0.05) is 44.0 Å². The Hall–Kier alpha value is -2.05. The first kappa shape index (κ1) is 21.0. The molecule has 0 aliphatic rings. The Kier molecular flexibility index (Phi) is 9.02. The number of aryl methyl sites for hydroxylation is 1. The van der Waals surface area contributed by atoms with Gasteiger partial charge in [0.15, 0.2) is 0 Å². The standard InChI is InChI=1S/C16H19NO4S.C3H8/c1-13-6-8-14(9-7-13)17-15-4-2-5-16(12-15)21-10-3-11-22(18,19)20;1-3-2/h2,4-9,12,17H,3,10-11H2,1H3,(H,18,19,20);3H2,1-2H3. The Morgan fingerprint density at radius 2 is 1.68 bits per heavy atom. The normalized spacial score (nSPS) is 10.6. The fraction of sp³-hybridized carbons (Fsp3) is 0.368. The van der Waals surface area contributed by atoms with E-state index in [1.54, 1.807) is 6.07 Å². The molecule has 0 spiro atoms. The van der Waals surface area contributed by atoms with Crippen molar-refractivity contribution in [1.82, 2.24) is 0 Å². The van der Waals surface area contributed by atoms with Crippen LogP contribution >= 0.6 is 0 Å². The van der Waals surface area contributed by atoms with E-state index in [2.05, 4.69) is 19.2 Å². The highest BCUT2D eigenvalue weighted by Crippen LogP contribution is 2.21. The van der Waals surface area contributed by atoms with Crippen molar-refractivity contribution in [3.05, 3.63) is 54.1 Å². The topological polar surface area (TPSA) is 75.6 Å². The van der Waals surface area contributed by atoms with Gasteiger partial charge in [0.05, 0.1) is 12.4 Å². The van der Waals surface area contributed by atoms with Crippen molar-refractivity contribution in [1.29, 1.82) is 0 Å². The summed E-state index contributed by atoms with van der Waals surface area (Å²) in [6.45, 7) is 6.51. The van der Waals surface area contributed by atoms with Gasteiger partial charge in [-0.2, -0.15) is 8.42 Å². The van der Waals surface area contributed by atoms with Crippen LogP contribution in [0.4, 0.5) is 11.4 Å². The SMILES string of the molecule is CCC.Cc1ccc(Nc2cccc(OCCCS(=O)(=O)O)c2)cc1. The first-order chi connectivity index (χ1) is 11.8. The second-order valence-electron chi connectivity index (χ2n) is 5.71. The number of hydrogen-bond donors (Lipinski definition) is 2. The lowest BCUT2D eigenvalue weighted by molar-refractivity contribution is 0.316. The molecule has 138 valence electrons. The van der Waals surface area contributed by atoms with E-state index in [0.717, 1.165) is 11.4 Å². The molecule has 0 fully saturated rings. The van der Waals surface area contributed by atoms with Crippen molar-refractivity contribution in [2.24, 2.45) is 0 Å². The highest BCUT2D eigenvalue weighted by molar-refractivity contribution is 7.85. The van der Waals surface area contributed by atoms with E-state index in [0.29, 0.717) is 5.75 Å². The highest BCUT2D eigenvalue weighted by Gasteiger charge is 2.04. The number of hydrogen-bond acceptors (Lipinski definition) is 4. The van der Waals surface area contributed by atoms with E-state index in [1.165, 1.54) is 12.0 Å². The summed E-state index contributed by atoms with van der Waals surface area (Å²) in [5.74, 6) is 0.348. The van der Waals surface area contributed by atoms with E-state index in [-0.39, 0.29) is 18.8 Å². The molecule has 6 heteroatoms. The lowest BCUT2D eigenvalue weighted by Gasteiger charge is -2.10. The Labute approximate surface area is 150 Å². The Morgan fingerprint density at radius 1 is 1.04 bits per heavy atom. The lowest BCUT2D eigenvalue weighted by Crippen LogP contribution is -2.08. The molecule has 2 N–H and O–H groups in total. The molecule has 0 aromatic heterocycles. The van der Waals surface area contributed by atoms with Crippen LogP contribution in [0.5, 0.6) is 5.75 Å². The molecule has 0 radical (unpaired) electrons. The molecule has 25 heavy (non-hydrogen) atoms. The first-order valence-electron chi connectivity index (χ1n) is 8.35.